The number of anilines is 1. The molecule has 0 saturated heterocycles. The Labute approximate surface area is 161 Å². The van der Waals surface area contributed by atoms with Crippen molar-refractivity contribution in [2.75, 3.05) is 5.32 Å². The number of nitrogens with one attached hydrogen (secondary N) is 1. The molecule has 3 nitrogen and oxygen atoms in total. The third kappa shape index (κ3) is 3.51. The van der Waals surface area contributed by atoms with Crippen molar-refractivity contribution in [3.63, 3.8) is 0 Å². The second-order valence-electron chi connectivity index (χ2n) is 6.36. The van der Waals surface area contributed by atoms with Gasteiger partial charge in [-0.25, -0.2) is 0 Å². The molecule has 4 rings (SSSR count). The molecular weight excluding hydrogens is 390 g/mol. The molecule has 1 aliphatic heterocycles. The maximum atomic E-state index is 12.7. The molecule has 1 N–H and O–H groups in total. The van der Waals surface area contributed by atoms with E-state index in [2.05, 4.69) is 27.3 Å². The van der Waals surface area contributed by atoms with E-state index in [-0.39, 0.29) is 11.8 Å². The molecule has 3 aromatic carbocycles. The Hall–Kier alpha value is -2.59. The van der Waals surface area contributed by atoms with Gasteiger partial charge in [0.2, 0.25) is 5.91 Å². The lowest BCUT2D eigenvalue weighted by atomic mass is 9.87. The van der Waals surface area contributed by atoms with E-state index in [0.29, 0.717) is 13.0 Å². The van der Waals surface area contributed by atoms with Gasteiger partial charge in [-0.3, -0.25) is 4.79 Å². The highest BCUT2D eigenvalue weighted by atomic mass is 79.9. The van der Waals surface area contributed by atoms with Crippen molar-refractivity contribution < 1.29 is 9.53 Å². The number of amides is 1. The molecule has 1 heterocycles. The van der Waals surface area contributed by atoms with Gasteiger partial charge in [0.05, 0.1) is 5.92 Å². The summed E-state index contributed by atoms with van der Waals surface area (Å²) < 4.78 is 7.00. The van der Waals surface area contributed by atoms with Gasteiger partial charge in [0.25, 0.3) is 0 Å². The quantitative estimate of drug-likeness (QED) is 0.636. The lowest BCUT2D eigenvalue weighted by Crippen LogP contribution is -2.28. The average molecular weight is 408 g/mol. The number of hydrogen-bond acceptors (Lipinski definition) is 2. The molecule has 0 fully saturated rings. The smallest absolute Gasteiger partial charge is 0.232 e. The first-order chi connectivity index (χ1) is 12.7. The third-order valence-electron chi connectivity index (χ3n) is 4.60. The molecule has 26 heavy (non-hydrogen) atoms. The zero-order chi connectivity index (χ0) is 17.9. The summed E-state index contributed by atoms with van der Waals surface area (Å²) in [5.74, 6) is 0.483. The topological polar surface area (TPSA) is 38.3 Å². The first-order valence-electron chi connectivity index (χ1n) is 8.55. The van der Waals surface area contributed by atoms with Crippen LogP contribution in [0.2, 0.25) is 0 Å². The van der Waals surface area contributed by atoms with E-state index in [4.69, 9.17) is 4.74 Å². The summed E-state index contributed by atoms with van der Waals surface area (Å²) in [5.41, 5.74) is 4.05. The van der Waals surface area contributed by atoms with Gasteiger partial charge >= 0.3 is 0 Å². The van der Waals surface area contributed by atoms with Crippen molar-refractivity contribution in [1.29, 1.82) is 0 Å². The summed E-state index contributed by atoms with van der Waals surface area (Å²) in [4.78, 5) is 12.7. The standard InChI is InChI=1S/C22H18BrNO2/c23-17-10-11-21(26-14-15-6-2-1-3-7-15)18(13-17)19-12-16-8-4-5-9-20(16)24-22(19)25/h1-11,13,19H,12,14H2,(H,24,25). The summed E-state index contributed by atoms with van der Waals surface area (Å²) in [6.07, 6.45) is 0.667. The van der Waals surface area contributed by atoms with Crippen LogP contribution in [0.5, 0.6) is 5.75 Å². The van der Waals surface area contributed by atoms with Gasteiger partial charge in [0.1, 0.15) is 12.4 Å². The van der Waals surface area contributed by atoms with Crippen LogP contribution < -0.4 is 10.1 Å². The fourth-order valence-electron chi connectivity index (χ4n) is 3.26. The van der Waals surface area contributed by atoms with Gasteiger partial charge in [0.15, 0.2) is 0 Å². The van der Waals surface area contributed by atoms with Gasteiger partial charge in [-0.05, 0) is 41.8 Å². The Morgan fingerprint density at radius 2 is 1.77 bits per heavy atom. The Kier molecular flexibility index (Phi) is 4.76. The summed E-state index contributed by atoms with van der Waals surface area (Å²) >= 11 is 3.52. The van der Waals surface area contributed by atoms with Crippen LogP contribution in [0.25, 0.3) is 0 Å². The van der Waals surface area contributed by atoms with Crippen LogP contribution in [0, 0.1) is 0 Å². The molecule has 3 aromatic rings. The summed E-state index contributed by atoms with van der Waals surface area (Å²) in [5, 5.41) is 3.02. The molecule has 4 heteroatoms. The number of ether oxygens (including phenoxy) is 1. The maximum Gasteiger partial charge on any atom is 0.232 e. The molecule has 1 atom stereocenters. The minimum absolute atomic E-state index is 0.00589. The van der Waals surface area contributed by atoms with Crippen molar-refractivity contribution in [2.45, 2.75) is 18.9 Å². The molecular formula is C22H18BrNO2. The number of carbonyl (C=O) groups is 1. The van der Waals surface area contributed by atoms with Crippen LogP contribution in [0.15, 0.2) is 77.3 Å². The molecule has 0 saturated carbocycles. The highest BCUT2D eigenvalue weighted by Crippen LogP contribution is 2.37. The molecule has 1 unspecified atom stereocenters. The van der Waals surface area contributed by atoms with Crippen LogP contribution in [0.1, 0.15) is 22.6 Å². The van der Waals surface area contributed by atoms with Crippen LogP contribution in [-0.2, 0) is 17.8 Å². The molecule has 1 amide bonds. The average Bonchev–Trinajstić information content (AvgIpc) is 2.67. The van der Waals surface area contributed by atoms with Gasteiger partial charge in [-0.2, -0.15) is 0 Å². The van der Waals surface area contributed by atoms with E-state index in [1.807, 2.05) is 66.7 Å². The number of rotatable bonds is 4. The molecule has 130 valence electrons. The van der Waals surface area contributed by atoms with E-state index in [9.17, 15) is 4.79 Å². The van der Waals surface area contributed by atoms with E-state index in [1.165, 1.54) is 0 Å². The fraction of sp³-hybridized carbons (Fsp3) is 0.136. The van der Waals surface area contributed by atoms with Gasteiger partial charge in [0, 0.05) is 15.7 Å². The number of halogens is 1. The Bertz CT molecular complexity index is 940. The van der Waals surface area contributed by atoms with E-state index in [0.717, 1.165) is 32.6 Å². The Balaban J connectivity index is 1.63. The van der Waals surface area contributed by atoms with E-state index < -0.39 is 0 Å². The lowest BCUT2D eigenvalue weighted by Gasteiger charge is -2.26. The number of benzene rings is 3. The van der Waals surface area contributed by atoms with Crippen LogP contribution in [0.4, 0.5) is 5.69 Å². The van der Waals surface area contributed by atoms with E-state index >= 15 is 0 Å². The fourth-order valence-corrected chi connectivity index (χ4v) is 3.64. The number of para-hydroxylation sites is 1. The predicted molar refractivity (Wildman–Crippen MR) is 106 cm³/mol. The summed E-state index contributed by atoms with van der Waals surface area (Å²) in [6, 6.07) is 23.8. The largest absolute Gasteiger partial charge is 0.489 e. The van der Waals surface area contributed by atoms with Crippen LogP contribution in [0.3, 0.4) is 0 Å². The van der Waals surface area contributed by atoms with Crippen LogP contribution >= 0.6 is 15.9 Å². The highest BCUT2D eigenvalue weighted by molar-refractivity contribution is 9.10. The molecule has 0 aliphatic carbocycles. The van der Waals surface area contributed by atoms with Crippen molar-refractivity contribution in [3.8, 4) is 5.75 Å². The maximum absolute atomic E-state index is 12.7. The zero-order valence-corrected chi connectivity index (χ0v) is 15.7. The summed E-state index contributed by atoms with van der Waals surface area (Å²) in [6.45, 7) is 0.473. The second-order valence-corrected chi connectivity index (χ2v) is 7.28. The van der Waals surface area contributed by atoms with Gasteiger partial charge < -0.3 is 10.1 Å². The Morgan fingerprint density at radius 3 is 2.62 bits per heavy atom. The van der Waals surface area contributed by atoms with Gasteiger partial charge in [-0.15, -0.1) is 0 Å². The number of fused-ring (bicyclic) bond motifs is 1. The van der Waals surface area contributed by atoms with Crippen molar-refractivity contribution in [2.24, 2.45) is 0 Å². The second kappa shape index (κ2) is 7.34. The minimum atomic E-state index is -0.270. The lowest BCUT2D eigenvalue weighted by molar-refractivity contribution is -0.117. The van der Waals surface area contributed by atoms with Crippen LogP contribution in [-0.4, -0.2) is 5.91 Å². The first kappa shape index (κ1) is 16.9. The van der Waals surface area contributed by atoms with Crippen molar-refractivity contribution in [1.82, 2.24) is 0 Å². The number of hydrogen-bond donors (Lipinski definition) is 1. The van der Waals surface area contributed by atoms with Crippen molar-refractivity contribution in [3.05, 3.63) is 94.0 Å². The monoisotopic (exact) mass is 407 g/mol. The molecule has 0 radical (unpaired) electrons. The molecule has 0 bridgehead atoms. The molecule has 0 spiro atoms. The number of carbonyl (C=O) groups excluding carboxylic acids is 1. The third-order valence-corrected chi connectivity index (χ3v) is 5.09. The van der Waals surface area contributed by atoms with Gasteiger partial charge in [-0.1, -0.05) is 64.5 Å². The first-order valence-corrected chi connectivity index (χ1v) is 9.35. The Morgan fingerprint density at radius 1 is 1.00 bits per heavy atom. The predicted octanol–water partition coefficient (Wildman–Crippen LogP) is 5.31. The molecule has 0 aromatic heterocycles. The van der Waals surface area contributed by atoms with Crippen molar-refractivity contribution >= 4 is 27.5 Å². The minimum Gasteiger partial charge on any atom is -0.489 e. The summed E-state index contributed by atoms with van der Waals surface area (Å²) in [7, 11) is 0. The highest BCUT2D eigenvalue weighted by Gasteiger charge is 2.29. The van der Waals surface area contributed by atoms with E-state index in [1.54, 1.807) is 0 Å². The zero-order valence-electron chi connectivity index (χ0n) is 14.1. The normalized spacial score (nSPS) is 15.9. The molecule has 1 aliphatic rings. The SMILES string of the molecule is O=C1Nc2ccccc2CC1c1cc(Br)ccc1OCc1ccccc1.